The van der Waals surface area contributed by atoms with Gasteiger partial charge in [-0.3, -0.25) is 0 Å². The zero-order valence-corrected chi connectivity index (χ0v) is 9.09. The van der Waals surface area contributed by atoms with Gasteiger partial charge in [0.2, 0.25) is 0 Å². The van der Waals surface area contributed by atoms with Crippen molar-refractivity contribution in [3.63, 3.8) is 0 Å². The molecule has 0 amide bonds. The van der Waals surface area contributed by atoms with Gasteiger partial charge in [-0.1, -0.05) is 17.3 Å². The van der Waals surface area contributed by atoms with Gasteiger partial charge in [0, 0.05) is 12.6 Å². The fourth-order valence-electron chi connectivity index (χ4n) is 1.86. The van der Waals surface area contributed by atoms with Crippen LogP contribution in [0, 0.1) is 0 Å². The molecule has 15 heavy (non-hydrogen) atoms. The predicted molar refractivity (Wildman–Crippen MR) is 56.0 cm³/mol. The zero-order valence-electron chi connectivity index (χ0n) is 8.27. The molecule has 2 N–H and O–H groups in total. The average Bonchev–Trinajstić information content (AvgIpc) is 2.86. The standard InChI is InChI=1S/C9H13N3O2S/c13-9(14)8-7(11-12-15-8)5-10-6-3-1-2-4-6/h6,10H,1-5H2,(H,13,14). The van der Waals surface area contributed by atoms with Crippen molar-refractivity contribution in [2.24, 2.45) is 0 Å². The van der Waals surface area contributed by atoms with Crippen molar-refractivity contribution >= 4 is 17.5 Å². The molecular formula is C9H13N3O2S. The summed E-state index contributed by atoms with van der Waals surface area (Å²) in [6.07, 6.45) is 4.89. The molecule has 1 aliphatic rings. The number of hydrogen-bond acceptors (Lipinski definition) is 5. The monoisotopic (exact) mass is 227 g/mol. The molecule has 0 aliphatic heterocycles. The van der Waals surface area contributed by atoms with Crippen LogP contribution in [0.2, 0.25) is 0 Å². The average molecular weight is 227 g/mol. The summed E-state index contributed by atoms with van der Waals surface area (Å²) in [4.78, 5) is 11.0. The second-order valence-electron chi connectivity index (χ2n) is 3.72. The Kier molecular flexibility index (Phi) is 3.27. The Hall–Kier alpha value is -1.01. The molecule has 0 spiro atoms. The fraction of sp³-hybridized carbons (Fsp3) is 0.667. The number of hydrogen-bond donors (Lipinski definition) is 2. The van der Waals surface area contributed by atoms with Gasteiger partial charge in [-0.15, -0.1) is 5.10 Å². The summed E-state index contributed by atoms with van der Waals surface area (Å²) in [5, 5.41) is 16.0. The Labute approximate surface area is 91.7 Å². The van der Waals surface area contributed by atoms with E-state index in [2.05, 4.69) is 14.9 Å². The van der Waals surface area contributed by atoms with Gasteiger partial charge in [-0.05, 0) is 24.4 Å². The summed E-state index contributed by atoms with van der Waals surface area (Å²) in [7, 11) is 0. The lowest BCUT2D eigenvalue weighted by Gasteiger charge is -2.09. The number of rotatable bonds is 4. The number of carboxylic acids is 1. The van der Waals surface area contributed by atoms with Crippen LogP contribution in [0.25, 0.3) is 0 Å². The molecule has 0 radical (unpaired) electrons. The molecule has 0 saturated heterocycles. The summed E-state index contributed by atoms with van der Waals surface area (Å²) in [6, 6.07) is 0.522. The third kappa shape index (κ3) is 2.51. The number of carbonyl (C=O) groups is 1. The molecule has 1 fully saturated rings. The number of carboxylic acid groups (broad SMARTS) is 1. The van der Waals surface area contributed by atoms with Crippen molar-refractivity contribution in [2.75, 3.05) is 0 Å². The molecule has 1 aliphatic carbocycles. The summed E-state index contributed by atoms with van der Waals surface area (Å²) in [5.41, 5.74) is 0.555. The number of aromatic carboxylic acids is 1. The molecule has 6 heteroatoms. The normalized spacial score (nSPS) is 17.1. The first-order chi connectivity index (χ1) is 7.27. The first-order valence-electron chi connectivity index (χ1n) is 5.05. The van der Waals surface area contributed by atoms with Crippen molar-refractivity contribution < 1.29 is 9.90 Å². The lowest BCUT2D eigenvalue weighted by molar-refractivity contribution is 0.0700. The van der Waals surface area contributed by atoms with E-state index in [9.17, 15) is 4.79 Å². The van der Waals surface area contributed by atoms with Gasteiger partial charge in [0.25, 0.3) is 0 Å². The van der Waals surface area contributed by atoms with E-state index in [0.29, 0.717) is 18.3 Å². The SMILES string of the molecule is O=C(O)c1snnc1CNC1CCCC1. The Morgan fingerprint density at radius 3 is 2.93 bits per heavy atom. The largest absolute Gasteiger partial charge is 0.477 e. The van der Waals surface area contributed by atoms with Crippen LogP contribution in [-0.2, 0) is 6.54 Å². The molecule has 1 heterocycles. The van der Waals surface area contributed by atoms with E-state index in [1.807, 2.05) is 0 Å². The Balaban J connectivity index is 1.92. The van der Waals surface area contributed by atoms with Crippen molar-refractivity contribution in [3.05, 3.63) is 10.6 Å². The van der Waals surface area contributed by atoms with Gasteiger partial charge in [0.1, 0.15) is 5.69 Å². The number of nitrogens with zero attached hydrogens (tertiary/aromatic N) is 2. The molecule has 0 bridgehead atoms. The highest BCUT2D eigenvalue weighted by Crippen LogP contribution is 2.18. The molecule has 0 atom stereocenters. The quantitative estimate of drug-likeness (QED) is 0.810. The maximum Gasteiger partial charge on any atom is 0.349 e. The second kappa shape index (κ2) is 4.67. The van der Waals surface area contributed by atoms with E-state index in [4.69, 9.17) is 5.11 Å². The molecule has 1 aromatic rings. The molecule has 1 saturated carbocycles. The van der Waals surface area contributed by atoms with Crippen molar-refractivity contribution in [2.45, 2.75) is 38.3 Å². The summed E-state index contributed by atoms with van der Waals surface area (Å²) < 4.78 is 3.66. The number of nitrogens with one attached hydrogen (secondary N) is 1. The van der Waals surface area contributed by atoms with E-state index in [-0.39, 0.29) is 4.88 Å². The van der Waals surface area contributed by atoms with Crippen molar-refractivity contribution in [1.82, 2.24) is 14.9 Å². The topological polar surface area (TPSA) is 75.1 Å². The van der Waals surface area contributed by atoms with Crippen LogP contribution in [0.3, 0.4) is 0 Å². The third-order valence-corrected chi connectivity index (χ3v) is 3.42. The molecule has 5 nitrogen and oxygen atoms in total. The van der Waals surface area contributed by atoms with Gasteiger partial charge in [0.05, 0.1) is 0 Å². The van der Waals surface area contributed by atoms with Crippen LogP contribution < -0.4 is 5.32 Å². The smallest absolute Gasteiger partial charge is 0.349 e. The van der Waals surface area contributed by atoms with Crippen LogP contribution in [0.1, 0.15) is 41.0 Å². The third-order valence-electron chi connectivity index (χ3n) is 2.66. The Bertz CT molecular complexity index is 347. The van der Waals surface area contributed by atoms with Crippen molar-refractivity contribution in [3.8, 4) is 0 Å². The van der Waals surface area contributed by atoms with Gasteiger partial charge >= 0.3 is 5.97 Å². The van der Waals surface area contributed by atoms with Crippen LogP contribution >= 0.6 is 11.5 Å². The highest BCUT2D eigenvalue weighted by atomic mass is 32.1. The highest BCUT2D eigenvalue weighted by Gasteiger charge is 2.18. The summed E-state index contributed by atoms with van der Waals surface area (Å²) in [6.45, 7) is 0.517. The molecule has 2 rings (SSSR count). The molecule has 0 aromatic carbocycles. The van der Waals surface area contributed by atoms with Crippen LogP contribution in [-0.4, -0.2) is 26.7 Å². The summed E-state index contributed by atoms with van der Waals surface area (Å²) >= 11 is 0.939. The molecule has 0 unspecified atom stereocenters. The lowest BCUT2D eigenvalue weighted by Crippen LogP contribution is -2.26. The van der Waals surface area contributed by atoms with E-state index >= 15 is 0 Å². The maximum absolute atomic E-state index is 10.8. The molecular weight excluding hydrogens is 214 g/mol. The highest BCUT2D eigenvalue weighted by molar-refractivity contribution is 7.07. The molecule has 1 aromatic heterocycles. The van der Waals surface area contributed by atoms with Crippen LogP contribution in [0.15, 0.2) is 0 Å². The van der Waals surface area contributed by atoms with E-state index in [1.54, 1.807) is 0 Å². The first-order valence-corrected chi connectivity index (χ1v) is 5.82. The fourth-order valence-corrected chi connectivity index (χ4v) is 2.38. The first kappa shape index (κ1) is 10.5. The minimum absolute atomic E-state index is 0.250. The minimum atomic E-state index is -0.937. The second-order valence-corrected chi connectivity index (χ2v) is 4.47. The Morgan fingerprint density at radius 1 is 1.53 bits per heavy atom. The Morgan fingerprint density at radius 2 is 2.27 bits per heavy atom. The van der Waals surface area contributed by atoms with Gasteiger partial charge < -0.3 is 10.4 Å². The van der Waals surface area contributed by atoms with Gasteiger partial charge in [-0.25, -0.2) is 4.79 Å². The maximum atomic E-state index is 10.8. The van der Waals surface area contributed by atoms with E-state index in [0.717, 1.165) is 11.5 Å². The lowest BCUT2D eigenvalue weighted by atomic mass is 10.2. The van der Waals surface area contributed by atoms with Gasteiger partial charge in [-0.2, -0.15) is 0 Å². The van der Waals surface area contributed by atoms with Gasteiger partial charge in [0.15, 0.2) is 4.88 Å². The van der Waals surface area contributed by atoms with E-state index < -0.39 is 5.97 Å². The molecule has 82 valence electrons. The zero-order chi connectivity index (χ0) is 10.7. The summed E-state index contributed by atoms with van der Waals surface area (Å²) in [5.74, 6) is -0.937. The van der Waals surface area contributed by atoms with Crippen LogP contribution in [0.5, 0.6) is 0 Å². The van der Waals surface area contributed by atoms with E-state index in [1.165, 1.54) is 25.7 Å². The number of aromatic nitrogens is 2. The predicted octanol–water partition coefficient (Wildman–Crippen LogP) is 1.27. The van der Waals surface area contributed by atoms with Crippen molar-refractivity contribution in [1.29, 1.82) is 0 Å². The minimum Gasteiger partial charge on any atom is -0.477 e. The van der Waals surface area contributed by atoms with Crippen LogP contribution in [0.4, 0.5) is 0 Å².